The van der Waals surface area contributed by atoms with Crippen molar-refractivity contribution in [1.82, 2.24) is 4.31 Å². The predicted octanol–water partition coefficient (Wildman–Crippen LogP) is 4.38. The summed E-state index contributed by atoms with van der Waals surface area (Å²) in [5, 5.41) is 10.4. The molecule has 2 N–H and O–H groups in total. The fourth-order valence-corrected chi connectivity index (χ4v) is 5.71. The van der Waals surface area contributed by atoms with Gasteiger partial charge in [-0.25, -0.2) is 12.7 Å². The van der Waals surface area contributed by atoms with Crippen molar-refractivity contribution >= 4 is 27.4 Å². The molecule has 0 aliphatic carbocycles. The summed E-state index contributed by atoms with van der Waals surface area (Å²) in [6.45, 7) is 1.84. The number of carbonyl (C=O) groups is 1. The Bertz CT molecular complexity index is 1380. The van der Waals surface area contributed by atoms with Gasteiger partial charge in [0.2, 0.25) is 0 Å². The van der Waals surface area contributed by atoms with E-state index >= 15 is 0 Å². The van der Waals surface area contributed by atoms with E-state index in [1.165, 1.54) is 12.1 Å². The number of halogens is 1. The number of ketones is 1. The second kappa shape index (κ2) is 8.74. The summed E-state index contributed by atoms with van der Waals surface area (Å²) in [6, 6.07) is 22.0. The first-order valence-electron chi connectivity index (χ1n) is 10.1. The van der Waals surface area contributed by atoms with E-state index in [0.29, 0.717) is 16.1 Å². The molecule has 33 heavy (non-hydrogen) atoms. The second-order valence-electron chi connectivity index (χ2n) is 7.73. The van der Waals surface area contributed by atoms with Crippen LogP contribution in [-0.2, 0) is 10.0 Å². The molecular formula is C25H20ClN3O3S. The topological polar surface area (TPSA) is 104 Å². The van der Waals surface area contributed by atoms with Gasteiger partial charge in [0.15, 0.2) is 5.78 Å². The molecule has 3 aromatic carbocycles. The number of carbonyl (C=O) groups excluding carboxylic acids is 1. The molecule has 0 fully saturated rings. The van der Waals surface area contributed by atoms with Crippen LogP contribution in [0.25, 0.3) is 0 Å². The maximum Gasteiger partial charge on any atom is 0.266 e. The van der Waals surface area contributed by atoms with Gasteiger partial charge < -0.3 is 5.73 Å². The third-order valence-electron chi connectivity index (χ3n) is 5.65. The van der Waals surface area contributed by atoms with Crippen molar-refractivity contribution in [1.29, 1.82) is 5.26 Å². The molecule has 1 aliphatic rings. The number of hydrogen-bond donors (Lipinski definition) is 1. The van der Waals surface area contributed by atoms with E-state index < -0.39 is 27.8 Å². The molecule has 1 heterocycles. The summed E-state index contributed by atoms with van der Waals surface area (Å²) >= 11 is 6.03. The summed E-state index contributed by atoms with van der Waals surface area (Å²) in [6.07, 6.45) is 0. The Morgan fingerprint density at radius 2 is 1.61 bits per heavy atom. The summed E-state index contributed by atoms with van der Waals surface area (Å²) in [5.41, 5.74) is 8.06. The number of sulfonamides is 1. The second-order valence-corrected chi connectivity index (χ2v) is 9.98. The first-order chi connectivity index (χ1) is 15.8. The number of rotatable bonds is 5. The Morgan fingerprint density at radius 1 is 1.00 bits per heavy atom. The first-order valence-corrected chi connectivity index (χ1v) is 11.9. The van der Waals surface area contributed by atoms with E-state index in [2.05, 4.69) is 0 Å². The number of nitrogens with zero attached hydrogens (tertiary/aromatic N) is 2. The SMILES string of the molecule is Cc1ccc(S(=O)(=O)N2C(N)=C(C#N)[C@@H](c3ccc(Cl)cc3)[C@@H]2C(=O)c2ccccc2)cc1. The average Bonchev–Trinajstić information content (AvgIpc) is 3.12. The molecule has 0 saturated carbocycles. The van der Waals surface area contributed by atoms with Gasteiger partial charge in [-0.2, -0.15) is 5.26 Å². The number of aryl methyl sites for hydroxylation is 1. The Hall–Kier alpha value is -3.60. The maximum atomic E-state index is 13.7. The summed E-state index contributed by atoms with van der Waals surface area (Å²) < 4.78 is 28.3. The average molecular weight is 478 g/mol. The molecule has 0 radical (unpaired) electrons. The minimum absolute atomic E-state index is 0.0160. The molecular weight excluding hydrogens is 458 g/mol. The van der Waals surface area contributed by atoms with Gasteiger partial charge in [-0.1, -0.05) is 71.8 Å². The standard InChI is InChI=1S/C25H20ClN3O3S/c1-16-7-13-20(14-8-16)33(31,32)29-23(24(30)18-5-3-2-4-6-18)22(21(15-27)25(29)28)17-9-11-19(26)12-10-17/h2-14,22-23H,28H2,1H3/t22-,23-/m1/s1. The van der Waals surface area contributed by atoms with Gasteiger partial charge in [-0.05, 0) is 36.8 Å². The van der Waals surface area contributed by atoms with Crippen LogP contribution in [0.2, 0.25) is 5.02 Å². The molecule has 0 aromatic heterocycles. The molecule has 0 bridgehead atoms. The zero-order chi connectivity index (χ0) is 23.8. The van der Waals surface area contributed by atoms with Crippen LogP contribution >= 0.6 is 11.6 Å². The van der Waals surface area contributed by atoms with E-state index in [1.807, 2.05) is 13.0 Å². The quantitative estimate of drug-likeness (QED) is 0.549. The highest BCUT2D eigenvalue weighted by molar-refractivity contribution is 7.89. The van der Waals surface area contributed by atoms with Crippen molar-refractivity contribution in [3.05, 3.63) is 112 Å². The smallest absolute Gasteiger partial charge is 0.266 e. The molecule has 2 atom stereocenters. The highest BCUT2D eigenvalue weighted by atomic mass is 35.5. The largest absolute Gasteiger partial charge is 0.384 e. The third-order valence-corrected chi connectivity index (χ3v) is 7.71. The Morgan fingerprint density at radius 3 is 2.18 bits per heavy atom. The van der Waals surface area contributed by atoms with E-state index in [1.54, 1.807) is 66.7 Å². The van der Waals surface area contributed by atoms with Gasteiger partial charge in [-0.15, -0.1) is 0 Å². The van der Waals surface area contributed by atoms with Crippen molar-refractivity contribution < 1.29 is 13.2 Å². The number of nitriles is 1. The number of benzene rings is 3. The van der Waals surface area contributed by atoms with Crippen LogP contribution < -0.4 is 5.73 Å². The van der Waals surface area contributed by atoms with Crippen molar-refractivity contribution in [3.8, 4) is 6.07 Å². The van der Waals surface area contributed by atoms with Crippen molar-refractivity contribution in [2.45, 2.75) is 23.8 Å². The van der Waals surface area contributed by atoms with Crippen LogP contribution in [0.1, 0.15) is 27.4 Å². The Labute approximate surface area is 197 Å². The number of Topliss-reactive ketones (excluding diaryl/α,β-unsaturated/α-hetero) is 1. The fourth-order valence-electron chi connectivity index (χ4n) is 4.00. The lowest BCUT2D eigenvalue weighted by Crippen LogP contribution is -2.45. The van der Waals surface area contributed by atoms with E-state index in [9.17, 15) is 18.5 Å². The third kappa shape index (κ3) is 3.99. The van der Waals surface area contributed by atoms with Crippen LogP contribution in [0.15, 0.2) is 95.2 Å². The zero-order valence-corrected chi connectivity index (χ0v) is 19.2. The van der Waals surface area contributed by atoms with Crippen LogP contribution in [0.3, 0.4) is 0 Å². The van der Waals surface area contributed by atoms with Gasteiger partial charge in [-0.3, -0.25) is 4.79 Å². The van der Waals surface area contributed by atoms with Gasteiger partial charge in [0.25, 0.3) is 10.0 Å². The van der Waals surface area contributed by atoms with E-state index in [0.717, 1.165) is 9.87 Å². The molecule has 0 amide bonds. The van der Waals surface area contributed by atoms with Crippen LogP contribution in [0.4, 0.5) is 0 Å². The lowest BCUT2D eigenvalue weighted by atomic mass is 9.84. The molecule has 8 heteroatoms. The minimum Gasteiger partial charge on any atom is -0.384 e. The van der Waals surface area contributed by atoms with Gasteiger partial charge in [0.1, 0.15) is 11.9 Å². The molecule has 4 rings (SSSR count). The highest BCUT2D eigenvalue weighted by Gasteiger charge is 2.50. The molecule has 0 spiro atoms. The minimum atomic E-state index is -4.25. The normalized spacial score (nSPS) is 18.3. The summed E-state index contributed by atoms with van der Waals surface area (Å²) in [5.74, 6) is -1.60. The fraction of sp³-hybridized carbons (Fsp3) is 0.120. The Kier molecular flexibility index (Phi) is 5.98. The number of hydrogen-bond acceptors (Lipinski definition) is 5. The molecule has 166 valence electrons. The van der Waals surface area contributed by atoms with Gasteiger partial charge >= 0.3 is 0 Å². The molecule has 0 unspecified atom stereocenters. The Balaban J connectivity index is 1.94. The van der Waals surface area contributed by atoms with Crippen LogP contribution in [-0.4, -0.2) is 24.5 Å². The lowest BCUT2D eigenvalue weighted by molar-refractivity contribution is 0.0910. The van der Waals surface area contributed by atoms with E-state index in [4.69, 9.17) is 17.3 Å². The molecule has 0 saturated heterocycles. The summed E-state index contributed by atoms with van der Waals surface area (Å²) in [7, 11) is -4.25. The molecule has 6 nitrogen and oxygen atoms in total. The van der Waals surface area contributed by atoms with Crippen molar-refractivity contribution in [2.75, 3.05) is 0 Å². The molecule has 3 aromatic rings. The summed E-state index contributed by atoms with van der Waals surface area (Å²) in [4.78, 5) is 13.7. The van der Waals surface area contributed by atoms with Crippen molar-refractivity contribution in [2.24, 2.45) is 5.73 Å². The predicted molar refractivity (Wildman–Crippen MR) is 126 cm³/mol. The maximum absolute atomic E-state index is 13.7. The zero-order valence-electron chi connectivity index (χ0n) is 17.6. The van der Waals surface area contributed by atoms with Gasteiger partial charge in [0.05, 0.1) is 22.5 Å². The van der Waals surface area contributed by atoms with E-state index in [-0.39, 0.29) is 16.3 Å². The lowest BCUT2D eigenvalue weighted by Gasteiger charge is -2.29. The van der Waals surface area contributed by atoms with Crippen LogP contribution in [0, 0.1) is 18.3 Å². The van der Waals surface area contributed by atoms with Crippen LogP contribution in [0.5, 0.6) is 0 Å². The monoisotopic (exact) mass is 477 g/mol. The first kappa shape index (κ1) is 22.6. The number of nitrogens with two attached hydrogens (primary N) is 1. The highest BCUT2D eigenvalue weighted by Crippen LogP contribution is 2.43. The van der Waals surface area contributed by atoms with Gasteiger partial charge in [0, 0.05) is 10.6 Å². The van der Waals surface area contributed by atoms with Crippen molar-refractivity contribution in [3.63, 3.8) is 0 Å². The molecule has 1 aliphatic heterocycles.